The number of aliphatic hydroxyl groups is 1. The first-order chi connectivity index (χ1) is 14.5. The highest BCUT2D eigenvalue weighted by molar-refractivity contribution is 6.46. The van der Waals surface area contributed by atoms with Crippen LogP contribution in [-0.2, 0) is 14.3 Å². The highest BCUT2D eigenvalue weighted by atomic mass is 35.5. The Morgan fingerprint density at radius 1 is 1.17 bits per heavy atom. The van der Waals surface area contributed by atoms with Crippen LogP contribution in [0.5, 0.6) is 5.75 Å². The first-order valence-electron chi connectivity index (χ1n) is 9.79. The fourth-order valence-electron chi connectivity index (χ4n) is 3.97. The topological polar surface area (TPSA) is 76.1 Å². The standard InChI is InChI=1S/C23H22ClNO5/c1-29-17-10-6-14(7-11-17)20-19(21(26)15-4-8-16(24)9-5-15)22(27)23(28)25(20)13-18-3-2-12-30-18/h4-11,18,20,26H,2-3,12-13H2,1H3/b21-19+/t18-,20+/m0/s1. The van der Waals surface area contributed by atoms with Crippen molar-refractivity contribution in [3.63, 3.8) is 0 Å². The molecule has 2 aliphatic heterocycles. The van der Waals surface area contributed by atoms with Gasteiger partial charge in [-0.05, 0) is 54.8 Å². The van der Waals surface area contributed by atoms with Crippen molar-refractivity contribution in [1.82, 2.24) is 4.90 Å². The van der Waals surface area contributed by atoms with E-state index in [0.717, 1.165) is 12.8 Å². The maximum Gasteiger partial charge on any atom is 0.295 e. The number of ether oxygens (including phenoxy) is 2. The van der Waals surface area contributed by atoms with Crippen LogP contribution < -0.4 is 4.74 Å². The molecule has 2 aromatic rings. The van der Waals surface area contributed by atoms with Gasteiger partial charge in [-0.2, -0.15) is 0 Å². The number of halogens is 1. The van der Waals surface area contributed by atoms with E-state index in [0.29, 0.717) is 35.1 Å². The summed E-state index contributed by atoms with van der Waals surface area (Å²) in [5.41, 5.74) is 1.20. The van der Waals surface area contributed by atoms with Crippen LogP contribution in [-0.4, -0.2) is 48.1 Å². The second kappa shape index (κ2) is 8.50. The maximum absolute atomic E-state index is 13.0. The number of hydrogen-bond donors (Lipinski definition) is 1. The number of Topliss-reactive ketones (excluding diaryl/α,β-unsaturated/α-hetero) is 1. The van der Waals surface area contributed by atoms with Crippen LogP contribution in [0.1, 0.15) is 30.0 Å². The molecule has 2 heterocycles. The molecule has 4 rings (SSSR count). The summed E-state index contributed by atoms with van der Waals surface area (Å²) in [5.74, 6) is -0.906. The molecule has 0 radical (unpaired) electrons. The maximum atomic E-state index is 13.0. The van der Waals surface area contributed by atoms with Crippen LogP contribution in [0.2, 0.25) is 5.02 Å². The molecule has 2 aromatic carbocycles. The fourth-order valence-corrected chi connectivity index (χ4v) is 4.10. The minimum atomic E-state index is -0.712. The first-order valence-corrected chi connectivity index (χ1v) is 10.2. The normalized spacial score (nSPS) is 23.2. The predicted octanol–water partition coefficient (Wildman–Crippen LogP) is 3.95. The molecule has 30 heavy (non-hydrogen) atoms. The average molecular weight is 428 g/mol. The van der Waals surface area contributed by atoms with Gasteiger partial charge in [-0.1, -0.05) is 23.7 Å². The average Bonchev–Trinajstić information content (AvgIpc) is 3.36. The van der Waals surface area contributed by atoms with E-state index < -0.39 is 17.7 Å². The second-order valence-corrected chi connectivity index (χ2v) is 7.80. The number of carbonyl (C=O) groups is 2. The van der Waals surface area contributed by atoms with Crippen molar-refractivity contribution >= 4 is 29.1 Å². The molecule has 6 nitrogen and oxygen atoms in total. The lowest BCUT2D eigenvalue weighted by atomic mass is 9.95. The summed E-state index contributed by atoms with van der Waals surface area (Å²) in [6.45, 7) is 0.936. The second-order valence-electron chi connectivity index (χ2n) is 7.37. The number of hydrogen-bond acceptors (Lipinski definition) is 5. The molecular weight excluding hydrogens is 406 g/mol. The van der Waals surface area contributed by atoms with Crippen LogP contribution in [0.25, 0.3) is 5.76 Å². The third kappa shape index (κ3) is 3.80. The van der Waals surface area contributed by atoms with Crippen molar-refractivity contribution in [2.75, 3.05) is 20.3 Å². The Kier molecular flexibility index (Phi) is 5.79. The van der Waals surface area contributed by atoms with Crippen LogP contribution in [0.15, 0.2) is 54.1 Å². The molecule has 2 fully saturated rings. The molecule has 2 atom stereocenters. The van der Waals surface area contributed by atoms with E-state index in [1.54, 1.807) is 55.6 Å². The van der Waals surface area contributed by atoms with Crippen LogP contribution in [0.4, 0.5) is 0 Å². The molecule has 1 N–H and O–H groups in total. The Hall–Kier alpha value is -2.83. The van der Waals surface area contributed by atoms with Gasteiger partial charge in [0, 0.05) is 23.7 Å². The lowest BCUT2D eigenvalue weighted by molar-refractivity contribution is -0.140. The number of rotatable bonds is 5. The predicted molar refractivity (Wildman–Crippen MR) is 112 cm³/mol. The van der Waals surface area contributed by atoms with E-state index in [1.807, 2.05) is 0 Å². The van der Waals surface area contributed by atoms with E-state index in [4.69, 9.17) is 21.1 Å². The summed E-state index contributed by atoms with van der Waals surface area (Å²) in [6, 6.07) is 12.9. The largest absolute Gasteiger partial charge is 0.507 e. The van der Waals surface area contributed by atoms with Gasteiger partial charge in [-0.3, -0.25) is 9.59 Å². The highest BCUT2D eigenvalue weighted by Crippen LogP contribution is 2.40. The van der Waals surface area contributed by atoms with Gasteiger partial charge in [-0.15, -0.1) is 0 Å². The third-order valence-corrected chi connectivity index (χ3v) is 5.77. The fraction of sp³-hybridized carbons (Fsp3) is 0.304. The number of aliphatic hydroxyl groups excluding tert-OH is 1. The monoisotopic (exact) mass is 427 g/mol. The molecule has 2 saturated heterocycles. The number of ketones is 1. The molecule has 2 aliphatic rings. The summed E-state index contributed by atoms with van der Waals surface area (Å²) in [7, 11) is 1.57. The number of benzene rings is 2. The Morgan fingerprint density at radius 3 is 2.47 bits per heavy atom. The summed E-state index contributed by atoms with van der Waals surface area (Å²) < 4.78 is 10.9. The number of methoxy groups -OCH3 is 1. The van der Waals surface area contributed by atoms with E-state index in [2.05, 4.69) is 0 Å². The zero-order valence-electron chi connectivity index (χ0n) is 16.5. The quantitative estimate of drug-likeness (QED) is 0.444. The molecule has 156 valence electrons. The summed E-state index contributed by atoms with van der Waals surface area (Å²) in [6.07, 6.45) is 1.63. The summed E-state index contributed by atoms with van der Waals surface area (Å²) in [4.78, 5) is 27.4. The van der Waals surface area contributed by atoms with E-state index in [9.17, 15) is 14.7 Å². The molecular formula is C23H22ClNO5. The number of nitrogens with zero attached hydrogens (tertiary/aromatic N) is 1. The van der Waals surface area contributed by atoms with E-state index in [-0.39, 0.29) is 17.4 Å². The van der Waals surface area contributed by atoms with E-state index in [1.165, 1.54) is 4.90 Å². The van der Waals surface area contributed by atoms with Crippen LogP contribution in [0, 0.1) is 0 Å². The van der Waals surface area contributed by atoms with E-state index >= 15 is 0 Å². The van der Waals surface area contributed by atoms with Crippen molar-refractivity contribution in [3.8, 4) is 5.75 Å². The van der Waals surface area contributed by atoms with Crippen molar-refractivity contribution in [1.29, 1.82) is 0 Å². The molecule has 7 heteroatoms. The van der Waals surface area contributed by atoms with Crippen LogP contribution >= 0.6 is 11.6 Å². The van der Waals surface area contributed by atoms with Gasteiger partial charge in [0.2, 0.25) is 0 Å². The van der Waals surface area contributed by atoms with Crippen molar-refractivity contribution in [2.24, 2.45) is 0 Å². The van der Waals surface area contributed by atoms with Gasteiger partial charge >= 0.3 is 0 Å². The Labute approximate surface area is 179 Å². The molecule has 0 aliphatic carbocycles. The van der Waals surface area contributed by atoms with Gasteiger partial charge in [0.15, 0.2) is 0 Å². The number of amides is 1. The van der Waals surface area contributed by atoms with Gasteiger partial charge in [-0.25, -0.2) is 0 Å². The molecule has 1 amide bonds. The van der Waals surface area contributed by atoms with Gasteiger partial charge < -0.3 is 19.5 Å². The Balaban J connectivity index is 1.80. The molecule has 0 spiro atoms. The summed E-state index contributed by atoms with van der Waals surface area (Å²) >= 11 is 5.95. The molecule has 0 saturated carbocycles. The lowest BCUT2D eigenvalue weighted by Crippen LogP contribution is -2.36. The van der Waals surface area contributed by atoms with Gasteiger partial charge in [0.1, 0.15) is 11.5 Å². The highest BCUT2D eigenvalue weighted by Gasteiger charge is 2.47. The zero-order valence-corrected chi connectivity index (χ0v) is 17.3. The number of carbonyl (C=O) groups excluding carboxylic acids is 2. The minimum absolute atomic E-state index is 0.0606. The number of likely N-dealkylation sites (tertiary alicyclic amines) is 1. The van der Waals surface area contributed by atoms with Crippen molar-refractivity contribution in [2.45, 2.75) is 25.0 Å². The lowest BCUT2D eigenvalue weighted by Gasteiger charge is -2.27. The Bertz CT molecular complexity index is 978. The van der Waals surface area contributed by atoms with Crippen LogP contribution in [0.3, 0.4) is 0 Å². The third-order valence-electron chi connectivity index (χ3n) is 5.51. The zero-order chi connectivity index (χ0) is 21.3. The molecule has 0 aromatic heterocycles. The summed E-state index contributed by atoms with van der Waals surface area (Å²) in [5, 5.41) is 11.5. The molecule has 0 unspecified atom stereocenters. The van der Waals surface area contributed by atoms with Crippen molar-refractivity contribution < 1.29 is 24.2 Å². The van der Waals surface area contributed by atoms with Gasteiger partial charge in [0.25, 0.3) is 11.7 Å². The minimum Gasteiger partial charge on any atom is -0.507 e. The Morgan fingerprint density at radius 2 is 1.87 bits per heavy atom. The smallest absolute Gasteiger partial charge is 0.295 e. The molecule has 0 bridgehead atoms. The first kappa shape index (κ1) is 20.4. The van der Waals surface area contributed by atoms with Crippen molar-refractivity contribution in [3.05, 3.63) is 70.3 Å². The SMILES string of the molecule is COc1ccc([C@@H]2/C(=C(\O)c3ccc(Cl)cc3)C(=O)C(=O)N2C[C@@H]2CCCO2)cc1. The van der Waals surface area contributed by atoms with Gasteiger partial charge in [0.05, 0.1) is 24.8 Å².